The molecule has 0 amide bonds. The van der Waals surface area contributed by atoms with E-state index in [9.17, 15) is 4.79 Å². The number of anilines is 2. The van der Waals surface area contributed by atoms with Crippen LogP contribution in [0.2, 0.25) is 0 Å². The van der Waals surface area contributed by atoms with E-state index in [-0.39, 0.29) is 5.97 Å². The second-order valence-electron chi connectivity index (χ2n) is 4.43. The number of para-hydroxylation sites is 1. The third kappa shape index (κ3) is 2.31. The zero-order valence-electron chi connectivity index (χ0n) is 10.7. The van der Waals surface area contributed by atoms with Gasteiger partial charge in [-0.1, -0.05) is 23.9 Å². The molecule has 0 radical (unpaired) electrons. The molecule has 0 unspecified atom stereocenters. The van der Waals surface area contributed by atoms with Crippen molar-refractivity contribution in [1.29, 1.82) is 0 Å². The van der Waals surface area contributed by atoms with Gasteiger partial charge in [0.2, 0.25) is 0 Å². The molecule has 1 aliphatic rings. The van der Waals surface area contributed by atoms with Crippen molar-refractivity contribution in [2.24, 2.45) is 0 Å². The first-order valence-electron chi connectivity index (χ1n) is 6.00. The van der Waals surface area contributed by atoms with E-state index in [2.05, 4.69) is 17.4 Å². The Morgan fingerprint density at radius 3 is 2.79 bits per heavy atom. The van der Waals surface area contributed by atoms with Crippen molar-refractivity contribution in [3.05, 3.63) is 42.0 Å². The Hall–Kier alpha value is -1.94. The molecule has 0 spiro atoms. The molecular formula is C15H13NO2S. The molecule has 4 heteroatoms. The highest BCUT2D eigenvalue weighted by atomic mass is 32.2. The van der Waals surface area contributed by atoms with Gasteiger partial charge in [0, 0.05) is 16.7 Å². The lowest BCUT2D eigenvalue weighted by molar-refractivity contribution is -0.131. The molecule has 0 atom stereocenters. The number of hydrogen-bond acceptors (Lipinski definition) is 4. The van der Waals surface area contributed by atoms with Gasteiger partial charge in [-0.25, -0.2) is 0 Å². The number of rotatable bonds is 1. The van der Waals surface area contributed by atoms with Crippen LogP contribution in [0.1, 0.15) is 12.5 Å². The van der Waals surface area contributed by atoms with Crippen LogP contribution >= 0.6 is 11.8 Å². The normalized spacial score (nSPS) is 12.1. The molecular weight excluding hydrogens is 258 g/mol. The number of esters is 1. The van der Waals surface area contributed by atoms with E-state index in [4.69, 9.17) is 4.74 Å². The minimum absolute atomic E-state index is 0.298. The third-order valence-corrected chi connectivity index (χ3v) is 4.02. The number of benzene rings is 2. The van der Waals surface area contributed by atoms with Crippen molar-refractivity contribution < 1.29 is 9.53 Å². The first-order valence-corrected chi connectivity index (χ1v) is 6.82. The van der Waals surface area contributed by atoms with Gasteiger partial charge >= 0.3 is 5.97 Å². The minimum atomic E-state index is -0.298. The van der Waals surface area contributed by atoms with E-state index in [1.165, 1.54) is 11.8 Å². The second kappa shape index (κ2) is 4.63. The van der Waals surface area contributed by atoms with E-state index in [1.54, 1.807) is 11.8 Å². The molecule has 0 saturated carbocycles. The second-order valence-corrected chi connectivity index (χ2v) is 5.51. The van der Waals surface area contributed by atoms with Crippen molar-refractivity contribution in [2.75, 3.05) is 5.32 Å². The molecule has 0 aromatic heterocycles. The average Bonchev–Trinajstić information content (AvgIpc) is 2.36. The molecule has 2 aromatic rings. The number of aryl methyl sites for hydroxylation is 1. The lowest BCUT2D eigenvalue weighted by Crippen LogP contribution is -2.05. The fourth-order valence-corrected chi connectivity index (χ4v) is 3.20. The van der Waals surface area contributed by atoms with Crippen LogP contribution in [-0.4, -0.2) is 5.97 Å². The Morgan fingerprint density at radius 1 is 1.21 bits per heavy atom. The fraction of sp³-hybridized carbons (Fsp3) is 0.133. The zero-order valence-corrected chi connectivity index (χ0v) is 11.5. The minimum Gasteiger partial charge on any atom is -0.427 e. The highest BCUT2D eigenvalue weighted by Gasteiger charge is 2.18. The molecule has 96 valence electrons. The average molecular weight is 271 g/mol. The smallest absolute Gasteiger partial charge is 0.308 e. The fourth-order valence-electron chi connectivity index (χ4n) is 2.10. The highest BCUT2D eigenvalue weighted by molar-refractivity contribution is 7.99. The maximum Gasteiger partial charge on any atom is 0.308 e. The Balaban J connectivity index is 2.03. The maximum atomic E-state index is 11.0. The Kier molecular flexibility index (Phi) is 2.95. The first-order chi connectivity index (χ1) is 9.13. The molecule has 3 rings (SSSR count). The lowest BCUT2D eigenvalue weighted by Gasteiger charge is -2.23. The molecule has 2 aromatic carbocycles. The Labute approximate surface area is 116 Å². The van der Waals surface area contributed by atoms with Crippen LogP contribution < -0.4 is 10.1 Å². The summed E-state index contributed by atoms with van der Waals surface area (Å²) in [5, 5.41) is 3.43. The van der Waals surface area contributed by atoms with Gasteiger partial charge in [0.1, 0.15) is 5.75 Å². The predicted octanol–water partition coefficient (Wildman–Crippen LogP) is 4.13. The summed E-state index contributed by atoms with van der Waals surface area (Å²) in [4.78, 5) is 13.3. The standard InChI is InChI=1S/C15H13NO2S/c1-9-7-11(18-10(2)17)8-14-15(9)16-12-5-3-4-6-13(12)19-14/h3-8,16H,1-2H3. The number of ether oxygens (including phenoxy) is 1. The van der Waals surface area contributed by atoms with Gasteiger partial charge < -0.3 is 10.1 Å². The van der Waals surface area contributed by atoms with Gasteiger partial charge in [-0.3, -0.25) is 4.79 Å². The number of fused-ring (bicyclic) bond motifs is 2. The quantitative estimate of drug-likeness (QED) is 0.533. The van der Waals surface area contributed by atoms with Gasteiger partial charge in [-0.05, 0) is 36.8 Å². The molecule has 3 nitrogen and oxygen atoms in total. The monoisotopic (exact) mass is 271 g/mol. The van der Waals surface area contributed by atoms with Crippen molar-refractivity contribution in [3.63, 3.8) is 0 Å². The molecule has 0 bridgehead atoms. The van der Waals surface area contributed by atoms with Gasteiger partial charge in [0.05, 0.1) is 11.4 Å². The lowest BCUT2D eigenvalue weighted by atomic mass is 10.1. The molecule has 0 aliphatic carbocycles. The van der Waals surface area contributed by atoms with Crippen molar-refractivity contribution >= 4 is 29.1 Å². The van der Waals surface area contributed by atoms with E-state index in [1.807, 2.05) is 31.2 Å². The van der Waals surface area contributed by atoms with Crippen molar-refractivity contribution in [1.82, 2.24) is 0 Å². The number of hydrogen-bond donors (Lipinski definition) is 1. The predicted molar refractivity (Wildman–Crippen MR) is 76.3 cm³/mol. The molecule has 1 heterocycles. The van der Waals surface area contributed by atoms with Crippen LogP contribution in [0.25, 0.3) is 0 Å². The first kappa shape index (κ1) is 12.1. The summed E-state index contributed by atoms with van der Waals surface area (Å²) in [5.74, 6) is 0.297. The molecule has 1 aliphatic heterocycles. The van der Waals surface area contributed by atoms with E-state index >= 15 is 0 Å². The van der Waals surface area contributed by atoms with E-state index in [0.717, 1.165) is 21.8 Å². The maximum absolute atomic E-state index is 11.0. The number of nitrogens with one attached hydrogen (secondary N) is 1. The summed E-state index contributed by atoms with van der Waals surface area (Å²) in [6.07, 6.45) is 0. The summed E-state index contributed by atoms with van der Waals surface area (Å²) < 4.78 is 5.17. The number of carbonyl (C=O) groups is 1. The van der Waals surface area contributed by atoms with Crippen LogP contribution in [0.15, 0.2) is 46.2 Å². The Morgan fingerprint density at radius 2 is 2.00 bits per heavy atom. The van der Waals surface area contributed by atoms with Gasteiger partial charge in [0.15, 0.2) is 0 Å². The molecule has 19 heavy (non-hydrogen) atoms. The highest BCUT2D eigenvalue weighted by Crippen LogP contribution is 2.46. The zero-order chi connectivity index (χ0) is 13.4. The van der Waals surface area contributed by atoms with Gasteiger partial charge in [-0.15, -0.1) is 0 Å². The van der Waals surface area contributed by atoms with Crippen LogP contribution in [-0.2, 0) is 4.79 Å². The topological polar surface area (TPSA) is 38.3 Å². The summed E-state index contributed by atoms with van der Waals surface area (Å²) in [5.41, 5.74) is 3.26. The van der Waals surface area contributed by atoms with Crippen LogP contribution in [0.4, 0.5) is 11.4 Å². The largest absolute Gasteiger partial charge is 0.427 e. The third-order valence-electron chi connectivity index (χ3n) is 2.90. The molecule has 1 N–H and O–H groups in total. The van der Waals surface area contributed by atoms with Crippen molar-refractivity contribution in [3.8, 4) is 5.75 Å². The van der Waals surface area contributed by atoms with Crippen LogP contribution in [0, 0.1) is 6.92 Å². The van der Waals surface area contributed by atoms with Crippen molar-refractivity contribution in [2.45, 2.75) is 23.6 Å². The number of carbonyl (C=O) groups excluding carboxylic acids is 1. The van der Waals surface area contributed by atoms with Gasteiger partial charge in [-0.2, -0.15) is 0 Å². The summed E-state index contributed by atoms with van der Waals surface area (Å²) >= 11 is 1.68. The molecule has 0 fully saturated rings. The summed E-state index contributed by atoms with van der Waals surface area (Å²) in [7, 11) is 0. The Bertz CT molecular complexity index is 667. The van der Waals surface area contributed by atoms with Crippen LogP contribution in [0.5, 0.6) is 5.75 Å². The van der Waals surface area contributed by atoms with Crippen LogP contribution in [0.3, 0.4) is 0 Å². The SMILES string of the molecule is CC(=O)Oc1cc(C)c2c(c1)Sc1ccccc1N2. The molecule has 0 saturated heterocycles. The van der Waals surface area contributed by atoms with E-state index in [0.29, 0.717) is 5.75 Å². The van der Waals surface area contributed by atoms with Gasteiger partial charge in [0.25, 0.3) is 0 Å². The van der Waals surface area contributed by atoms with E-state index < -0.39 is 0 Å². The summed E-state index contributed by atoms with van der Waals surface area (Å²) in [6.45, 7) is 3.42. The summed E-state index contributed by atoms with van der Waals surface area (Å²) in [6, 6.07) is 11.9.